The summed E-state index contributed by atoms with van der Waals surface area (Å²) >= 11 is 3.34. The van der Waals surface area contributed by atoms with Gasteiger partial charge in [-0.05, 0) is 33.6 Å². The number of halogens is 1. The lowest BCUT2D eigenvalue weighted by Gasteiger charge is -2.14. The molecule has 2 aromatic rings. The second-order valence-electron chi connectivity index (χ2n) is 5.19. The lowest BCUT2D eigenvalue weighted by molar-refractivity contribution is 0.0600. The molecule has 0 fully saturated rings. The van der Waals surface area contributed by atoms with Gasteiger partial charge in [-0.25, -0.2) is 4.79 Å². The summed E-state index contributed by atoms with van der Waals surface area (Å²) < 4.78 is 11.0. The minimum atomic E-state index is -0.531. The lowest BCUT2D eigenvalue weighted by Crippen LogP contribution is -2.22. The number of hydrogen-bond acceptors (Lipinski definition) is 7. The second kappa shape index (κ2) is 9.35. The number of nitriles is 1. The topological polar surface area (TPSA) is 134 Å². The Morgan fingerprint density at radius 2 is 2.07 bits per heavy atom. The Labute approximate surface area is 164 Å². The van der Waals surface area contributed by atoms with Gasteiger partial charge in [0.2, 0.25) is 5.71 Å². The first-order valence-electron chi connectivity index (χ1n) is 7.63. The molecule has 0 saturated heterocycles. The smallest absolute Gasteiger partial charge is 0.338 e. The molecule has 0 aromatic heterocycles. The molecule has 0 aliphatic carbocycles. The molecular weight excluding hydrogens is 414 g/mol. The standard InChI is InChI=1S/C18H16BrN5O3/c1-26-18(25)12-7-13(19)16(24-23-14(9-20)17(21)22)15(8-12)27-10-11-5-3-2-4-6-11/h2-8,24H,10H2,1H3,(H3,21,22)/b23-14+. The Hall–Kier alpha value is -3.38. The zero-order valence-electron chi connectivity index (χ0n) is 14.3. The third kappa shape index (κ3) is 5.29. The predicted molar refractivity (Wildman–Crippen MR) is 105 cm³/mol. The van der Waals surface area contributed by atoms with Crippen molar-refractivity contribution in [1.29, 1.82) is 10.7 Å². The van der Waals surface area contributed by atoms with Crippen LogP contribution in [0.2, 0.25) is 0 Å². The molecule has 2 rings (SSSR count). The Balaban J connectivity index is 2.39. The first kappa shape index (κ1) is 19.9. The fraction of sp³-hybridized carbons (Fsp3) is 0.111. The summed E-state index contributed by atoms with van der Waals surface area (Å²) in [6, 6.07) is 14.2. The summed E-state index contributed by atoms with van der Waals surface area (Å²) in [6.07, 6.45) is 0. The van der Waals surface area contributed by atoms with Gasteiger partial charge in [-0.15, -0.1) is 0 Å². The fourth-order valence-electron chi connectivity index (χ4n) is 2.03. The third-order valence-corrected chi connectivity index (χ3v) is 3.98. The molecule has 138 valence electrons. The maximum atomic E-state index is 11.9. The molecule has 0 atom stereocenters. The van der Waals surface area contributed by atoms with Crippen molar-refractivity contribution >= 4 is 39.1 Å². The molecule has 27 heavy (non-hydrogen) atoms. The number of ether oxygens (including phenoxy) is 2. The van der Waals surface area contributed by atoms with Crippen LogP contribution in [0, 0.1) is 16.7 Å². The van der Waals surface area contributed by atoms with Crippen LogP contribution in [0.5, 0.6) is 5.75 Å². The number of hydrazone groups is 1. The monoisotopic (exact) mass is 429 g/mol. The highest BCUT2D eigenvalue weighted by Crippen LogP contribution is 2.35. The van der Waals surface area contributed by atoms with Gasteiger partial charge in [-0.1, -0.05) is 30.3 Å². The van der Waals surface area contributed by atoms with Crippen LogP contribution in [0.15, 0.2) is 52.0 Å². The number of nitrogens with two attached hydrogens (primary N) is 1. The van der Waals surface area contributed by atoms with E-state index in [1.807, 2.05) is 30.3 Å². The number of hydrogen-bond donors (Lipinski definition) is 3. The summed E-state index contributed by atoms with van der Waals surface area (Å²) in [6.45, 7) is 0.244. The molecule has 0 spiro atoms. The zero-order valence-corrected chi connectivity index (χ0v) is 15.9. The number of nitrogens with zero attached hydrogens (tertiary/aromatic N) is 2. The van der Waals surface area contributed by atoms with E-state index >= 15 is 0 Å². The number of anilines is 1. The number of methoxy groups -OCH3 is 1. The quantitative estimate of drug-likeness (QED) is 0.268. The molecule has 9 heteroatoms. The van der Waals surface area contributed by atoms with E-state index in [1.165, 1.54) is 19.2 Å². The van der Waals surface area contributed by atoms with Crippen LogP contribution in [0.4, 0.5) is 5.69 Å². The number of benzene rings is 2. The van der Waals surface area contributed by atoms with Gasteiger partial charge in [-0.3, -0.25) is 10.8 Å². The molecule has 0 radical (unpaired) electrons. The van der Waals surface area contributed by atoms with E-state index in [1.54, 1.807) is 6.07 Å². The number of carbonyl (C=O) groups is 1. The van der Waals surface area contributed by atoms with Crippen molar-refractivity contribution in [1.82, 2.24) is 0 Å². The van der Waals surface area contributed by atoms with Crippen LogP contribution in [-0.2, 0) is 11.3 Å². The lowest BCUT2D eigenvalue weighted by atomic mass is 10.2. The van der Waals surface area contributed by atoms with E-state index in [9.17, 15) is 4.79 Å². The van der Waals surface area contributed by atoms with Gasteiger partial charge in [0, 0.05) is 4.47 Å². The van der Waals surface area contributed by atoms with Gasteiger partial charge in [0.1, 0.15) is 24.1 Å². The van der Waals surface area contributed by atoms with Crippen molar-refractivity contribution in [3.05, 3.63) is 58.1 Å². The Morgan fingerprint density at radius 3 is 2.67 bits per heavy atom. The van der Waals surface area contributed by atoms with Crippen molar-refractivity contribution in [2.75, 3.05) is 12.5 Å². The number of esters is 1. The van der Waals surface area contributed by atoms with Gasteiger partial charge in [0.05, 0.1) is 12.7 Å². The minimum Gasteiger partial charge on any atom is -0.487 e. The average Bonchev–Trinajstić information content (AvgIpc) is 2.67. The zero-order chi connectivity index (χ0) is 19.8. The second-order valence-corrected chi connectivity index (χ2v) is 6.05. The van der Waals surface area contributed by atoms with Gasteiger partial charge in [-0.2, -0.15) is 10.4 Å². The predicted octanol–water partition coefficient (Wildman–Crippen LogP) is 3.04. The van der Waals surface area contributed by atoms with Crippen molar-refractivity contribution < 1.29 is 14.3 Å². The molecule has 0 aliphatic heterocycles. The van der Waals surface area contributed by atoms with Crippen molar-refractivity contribution in [2.45, 2.75) is 6.61 Å². The number of rotatable bonds is 7. The van der Waals surface area contributed by atoms with E-state index in [0.29, 0.717) is 15.9 Å². The maximum Gasteiger partial charge on any atom is 0.338 e. The first-order chi connectivity index (χ1) is 13.0. The highest BCUT2D eigenvalue weighted by Gasteiger charge is 2.16. The molecule has 2 aromatic carbocycles. The van der Waals surface area contributed by atoms with E-state index in [0.717, 1.165) is 5.56 Å². The van der Waals surface area contributed by atoms with Gasteiger partial charge < -0.3 is 15.2 Å². The molecule has 0 bridgehead atoms. The molecule has 4 N–H and O–H groups in total. The highest BCUT2D eigenvalue weighted by atomic mass is 79.9. The Bertz CT molecular complexity index is 923. The average molecular weight is 430 g/mol. The van der Waals surface area contributed by atoms with Crippen LogP contribution in [0.25, 0.3) is 0 Å². The summed E-state index contributed by atoms with van der Waals surface area (Å²) in [5, 5.41) is 20.1. The van der Waals surface area contributed by atoms with Gasteiger partial charge >= 0.3 is 5.97 Å². The van der Waals surface area contributed by atoms with Crippen LogP contribution in [-0.4, -0.2) is 24.6 Å². The summed E-state index contributed by atoms with van der Waals surface area (Å²) in [5.41, 5.74) is 9.22. The first-order valence-corrected chi connectivity index (χ1v) is 8.42. The number of nitrogens with one attached hydrogen (secondary N) is 2. The van der Waals surface area contributed by atoms with E-state index in [4.69, 9.17) is 25.9 Å². The van der Waals surface area contributed by atoms with Crippen LogP contribution in [0.3, 0.4) is 0 Å². The van der Waals surface area contributed by atoms with Crippen LogP contribution < -0.4 is 15.9 Å². The van der Waals surface area contributed by atoms with Crippen molar-refractivity contribution in [3.63, 3.8) is 0 Å². The summed E-state index contributed by atoms with van der Waals surface area (Å²) in [5.74, 6) is -0.700. The molecule has 0 saturated carbocycles. The third-order valence-electron chi connectivity index (χ3n) is 3.35. The maximum absolute atomic E-state index is 11.9. The largest absolute Gasteiger partial charge is 0.487 e. The fourth-order valence-corrected chi connectivity index (χ4v) is 2.56. The summed E-state index contributed by atoms with van der Waals surface area (Å²) in [4.78, 5) is 11.9. The molecule has 0 amide bonds. The van der Waals surface area contributed by atoms with E-state index in [-0.39, 0.29) is 17.9 Å². The van der Waals surface area contributed by atoms with Gasteiger partial charge in [0.15, 0.2) is 5.84 Å². The summed E-state index contributed by atoms with van der Waals surface area (Å²) in [7, 11) is 1.28. The molecule has 0 heterocycles. The molecule has 0 aliphatic rings. The Morgan fingerprint density at radius 1 is 1.37 bits per heavy atom. The van der Waals surface area contributed by atoms with Crippen LogP contribution >= 0.6 is 15.9 Å². The molecule has 8 nitrogen and oxygen atoms in total. The normalized spacial score (nSPS) is 10.6. The van der Waals surface area contributed by atoms with Gasteiger partial charge in [0.25, 0.3) is 0 Å². The highest BCUT2D eigenvalue weighted by molar-refractivity contribution is 9.10. The Kier molecular flexibility index (Phi) is 6.91. The number of carbonyl (C=O) groups excluding carboxylic acids is 1. The SMILES string of the molecule is COC(=O)c1cc(Br)c(N/N=C(\C#N)C(=N)N)c(OCc2ccccc2)c1. The molecular formula is C18H16BrN5O3. The van der Waals surface area contributed by atoms with Crippen LogP contribution in [0.1, 0.15) is 15.9 Å². The van der Waals surface area contributed by atoms with E-state index < -0.39 is 11.8 Å². The van der Waals surface area contributed by atoms with E-state index in [2.05, 4.69) is 26.5 Å². The molecule has 0 unspecified atom stereocenters. The number of amidine groups is 1. The van der Waals surface area contributed by atoms with Crippen molar-refractivity contribution in [3.8, 4) is 11.8 Å². The van der Waals surface area contributed by atoms with Crippen molar-refractivity contribution in [2.24, 2.45) is 10.8 Å². The minimum absolute atomic E-state index is 0.244.